The number of amides is 1. The largest absolute Gasteiger partial charge is 0.492 e. The second-order valence-electron chi connectivity index (χ2n) is 5.90. The molecule has 0 atom stereocenters. The molecule has 0 saturated heterocycles. The lowest BCUT2D eigenvalue weighted by Gasteiger charge is -2.15. The maximum Gasteiger partial charge on any atom is 0.294 e. The number of aromatic nitrogens is 1. The summed E-state index contributed by atoms with van der Waals surface area (Å²) in [6.07, 6.45) is 0.593. The summed E-state index contributed by atoms with van der Waals surface area (Å²) in [5.41, 5.74) is 0.286. The molecule has 3 aromatic rings. The number of alkyl halides is 1. The van der Waals surface area contributed by atoms with Crippen LogP contribution in [0.5, 0.6) is 5.88 Å². The number of carbonyl (C=O) groups is 1. The topological polar surface area (TPSA) is 80.6 Å². The smallest absolute Gasteiger partial charge is 0.294 e. The number of hydrogen-bond donors (Lipinski definition) is 2. The third-order valence-corrected chi connectivity index (χ3v) is 4.32. The Labute approximate surface area is 160 Å². The number of benzene rings is 2. The molecule has 7 heteroatoms. The molecule has 2 N–H and O–H groups in total. The van der Waals surface area contributed by atoms with E-state index in [2.05, 4.69) is 5.32 Å². The van der Waals surface area contributed by atoms with E-state index in [0.717, 1.165) is 10.3 Å². The van der Waals surface area contributed by atoms with E-state index in [0.29, 0.717) is 24.2 Å². The first kappa shape index (κ1) is 18.8. The maximum absolute atomic E-state index is 12.7. The van der Waals surface area contributed by atoms with Gasteiger partial charge in [0.05, 0.1) is 5.39 Å². The van der Waals surface area contributed by atoms with Gasteiger partial charge in [-0.2, -0.15) is 0 Å². The average molecular weight is 387 g/mol. The molecule has 0 aliphatic carbocycles. The minimum atomic E-state index is -0.531. The number of aromatic hydroxyl groups is 1. The van der Waals surface area contributed by atoms with E-state index in [4.69, 9.17) is 16.4 Å². The van der Waals surface area contributed by atoms with E-state index in [-0.39, 0.29) is 17.6 Å². The number of hydrogen-bond acceptors (Lipinski definition) is 4. The average Bonchev–Trinajstić information content (AvgIpc) is 2.69. The summed E-state index contributed by atoms with van der Waals surface area (Å²) in [4.78, 5) is 30.9. The highest BCUT2D eigenvalue weighted by Gasteiger charge is 2.22. The normalized spacial score (nSPS) is 10.7. The van der Waals surface area contributed by atoms with Gasteiger partial charge in [0.15, 0.2) is 0 Å². The zero-order chi connectivity index (χ0) is 19.2. The summed E-state index contributed by atoms with van der Waals surface area (Å²) >= 11 is 5.64. The molecule has 27 heavy (non-hydrogen) atoms. The maximum atomic E-state index is 12.7. The van der Waals surface area contributed by atoms with Crippen LogP contribution in [-0.2, 0) is 6.61 Å². The molecule has 0 spiro atoms. The van der Waals surface area contributed by atoms with Crippen molar-refractivity contribution < 1.29 is 14.7 Å². The molecule has 0 bridgehead atoms. The summed E-state index contributed by atoms with van der Waals surface area (Å²) in [6.45, 7) is 0.431. The fourth-order valence-corrected chi connectivity index (χ4v) is 2.86. The zero-order valence-corrected chi connectivity index (χ0v) is 15.3. The van der Waals surface area contributed by atoms with Gasteiger partial charge < -0.3 is 15.3 Å². The first-order valence-corrected chi connectivity index (χ1v) is 9.05. The third-order valence-electron chi connectivity index (χ3n) is 4.05. The molecule has 0 unspecified atom stereocenters. The van der Waals surface area contributed by atoms with Gasteiger partial charge in [-0.25, -0.2) is 0 Å². The summed E-state index contributed by atoms with van der Waals surface area (Å²) in [5.74, 6) is -0.615. The van der Waals surface area contributed by atoms with E-state index in [1.807, 2.05) is 30.3 Å². The summed E-state index contributed by atoms with van der Waals surface area (Å²) < 4.78 is 0.770. The molecule has 0 aliphatic rings. The van der Waals surface area contributed by atoms with Crippen LogP contribution in [-0.4, -0.2) is 28.2 Å². The highest BCUT2D eigenvalue weighted by Crippen LogP contribution is 2.24. The second-order valence-corrected chi connectivity index (χ2v) is 6.28. The molecule has 0 saturated carbocycles. The number of halogens is 1. The first-order chi connectivity index (χ1) is 13.1. The van der Waals surface area contributed by atoms with Crippen LogP contribution in [0, 0.1) is 0 Å². The lowest BCUT2D eigenvalue weighted by atomic mass is 10.1. The zero-order valence-electron chi connectivity index (χ0n) is 14.5. The number of carbonyl (C=O) groups excluding carboxylic acids is 1. The van der Waals surface area contributed by atoms with Crippen molar-refractivity contribution in [3.8, 4) is 5.88 Å². The quantitative estimate of drug-likeness (QED) is 0.483. The Morgan fingerprint density at radius 2 is 1.74 bits per heavy atom. The predicted molar refractivity (Wildman–Crippen MR) is 104 cm³/mol. The van der Waals surface area contributed by atoms with E-state index in [1.54, 1.807) is 24.3 Å². The predicted octanol–water partition coefficient (Wildman–Crippen LogP) is 2.69. The van der Waals surface area contributed by atoms with Crippen LogP contribution in [0.1, 0.15) is 22.3 Å². The molecule has 1 heterocycles. The monoisotopic (exact) mass is 386 g/mol. The Kier molecular flexibility index (Phi) is 5.98. The number of nitrogens with one attached hydrogen (secondary N) is 1. The van der Waals surface area contributed by atoms with Gasteiger partial charge in [0.25, 0.3) is 11.5 Å². The third kappa shape index (κ3) is 4.06. The minimum absolute atomic E-state index is 0.00664. The van der Waals surface area contributed by atoms with Gasteiger partial charge in [0.1, 0.15) is 12.2 Å². The summed E-state index contributed by atoms with van der Waals surface area (Å²) in [6, 6.07) is 15.8. The molecule has 1 amide bonds. The minimum Gasteiger partial charge on any atom is -0.492 e. The number of nitrogens with zero attached hydrogens (tertiary/aromatic N) is 1. The highest BCUT2D eigenvalue weighted by atomic mass is 35.5. The summed E-state index contributed by atoms with van der Waals surface area (Å²) in [7, 11) is 0. The van der Waals surface area contributed by atoms with Crippen molar-refractivity contribution in [2.24, 2.45) is 0 Å². The molecule has 6 nitrogen and oxygen atoms in total. The molecule has 1 aromatic heterocycles. The van der Waals surface area contributed by atoms with Crippen LogP contribution in [0.3, 0.4) is 0 Å². The van der Waals surface area contributed by atoms with Crippen molar-refractivity contribution in [1.29, 1.82) is 0 Å². The van der Waals surface area contributed by atoms with Gasteiger partial charge in [-0.05, 0) is 18.1 Å². The number of rotatable bonds is 7. The SMILES string of the molecule is O=C(NCCCCl)c1c(O)n(OCc2ccccc2)c(=O)c2ccccc12. The van der Waals surface area contributed by atoms with E-state index < -0.39 is 17.3 Å². The Morgan fingerprint density at radius 1 is 1.07 bits per heavy atom. The Morgan fingerprint density at radius 3 is 2.44 bits per heavy atom. The first-order valence-electron chi connectivity index (χ1n) is 8.51. The van der Waals surface area contributed by atoms with Gasteiger partial charge in [-0.3, -0.25) is 9.59 Å². The Bertz CT molecular complexity index is 1000. The molecular formula is C20H19ClN2O4. The van der Waals surface area contributed by atoms with Crippen molar-refractivity contribution >= 4 is 28.3 Å². The van der Waals surface area contributed by atoms with E-state index in [9.17, 15) is 14.7 Å². The molecule has 0 fully saturated rings. The summed E-state index contributed by atoms with van der Waals surface area (Å²) in [5, 5.41) is 14.0. The van der Waals surface area contributed by atoms with Crippen molar-refractivity contribution in [3.05, 3.63) is 76.1 Å². The standard InChI is InChI=1S/C20H19ClN2O4/c21-11-6-12-22-18(24)17-15-9-4-5-10-16(15)19(25)23(20(17)26)27-13-14-7-2-1-3-8-14/h1-5,7-10,26H,6,11-13H2,(H,22,24). The molecule has 2 aromatic carbocycles. The van der Waals surface area contributed by atoms with E-state index >= 15 is 0 Å². The lowest BCUT2D eigenvalue weighted by molar-refractivity contribution is 0.0699. The second kappa shape index (κ2) is 8.60. The van der Waals surface area contributed by atoms with Crippen molar-refractivity contribution in [3.63, 3.8) is 0 Å². The molecule has 140 valence electrons. The van der Waals surface area contributed by atoms with Gasteiger partial charge in [0.2, 0.25) is 5.88 Å². The van der Waals surface area contributed by atoms with Crippen LogP contribution in [0.4, 0.5) is 0 Å². The van der Waals surface area contributed by atoms with Crippen LogP contribution in [0.2, 0.25) is 0 Å². The van der Waals surface area contributed by atoms with Crippen molar-refractivity contribution in [1.82, 2.24) is 10.0 Å². The van der Waals surface area contributed by atoms with Crippen molar-refractivity contribution in [2.45, 2.75) is 13.0 Å². The lowest BCUT2D eigenvalue weighted by Crippen LogP contribution is -2.31. The molecular weight excluding hydrogens is 368 g/mol. The van der Waals surface area contributed by atoms with Crippen molar-refractivity contribution in [2.75, 3.05) is 12.4 Å². The Hall–Kier alpha value is -2.99. The van der Waals surface area contributed by atoms with Gasteiger partial charge in [-0.15, -0.1) is 16.3 Å². The number of pyridine rings is 1. The van der Waals surface area contributed by atoms with Gasteiger partial charge >= 0.3 is 0 Å². The van der Waals surface area contributed by atoms with Crippen LogP contribution in [0.25, 0.3) is 10.8 Å². The van der Waals surface area contributed by atoms with Crippen LogP contribution in [0.15, 0.2) is 59.4 Å². The Balaban J connectivity index is 2.03. The fourth-order valence-electron chi connectivity index (χ4n) is 2.73. The molecule has 0 aliphatic heterocycles. The van der Waals surface area contributed by atoms with Gasteiger partial charge in [0, 0.05) is 17.8 Å². The van der Waals surface area contributed by atoms with Crippen LogP contribution < -0.4 is 15.7 Å². The highest BCUT2D eigenvalue weighted by molar-refractivity contribution is 6.17. The molecule has 0 radical (unpaired) electrons. The van der Waals surface area contributed by atoms with Crippen LogP contribution >= 0.6 is 11.6 Å². The molecule has 3 rings (SSSR count). The van der Waals surface area contributed by atoms with Gasteiger partial charge in [-0.1, -0.05) is 48.5 Å². The number of fused-ring (bicyclic) bond motifs is 1. The fraction of sp³-hybridized carbons (Fsp3) is 0.200. The van der Waals surface area contributed by atoms with E-state index in [1.165, 1.54) is 0 Å².